The zero-order valence-corrected chi connectivity index (χ0v) is 18.6. The molecule has 1 aromatic carbocycles. The second-order valence-electron chi connectivity index (χ2n) is 8.08. The molecule has 1 fully saturated rings. The topological polar surface area (TPSA) is 66.4 Å². The van der Waals surface area contributed by atoms with E-state index in [-0.39, 0.29) is 11.8 Å². The Labute approximate surface area is 188 Å². The second-order valence-corrected chi connectivity index (χ2v) is 8.08. The molecule has 0 radical (unpaired) electrons. The highest BCUT2D eigenvalue weighted by Gasteiger charge is 2.38. The van der Waals surface area contributed by atoms with Gasteiger partial charge in [0.1, 0.15) is 6.04 Å². The third-order valence-corrected chi connectivity index (χ3v) is 5.98. The van der Waals surface area contributed by atoms with Crippen molar-refractivity contribution >= 4 is 11.8 Å². The fourth-order valence-electron chi connectivity index (χ4n) is 4.35. The van der Waals surface area contributed by atoms with Crippen molar-refractivity contribution in [2.45, 2.75) is 32.7 Å². The number of carbonyl (C=O) groups excluding carboxylic acids is 2. The highest BCUT2D eigenvalue weighted by atomic mass is 16.2. The summed E-state index contributed by atoms with van der Waals surface area (Å²) in [5.74, 6) is -0.127. The molecule has 164 valence electrons. The summed E-state index contributed by atoms with van der Waals surface area (Å²) in [6.45, 7) is 5.66. The van der Waals surface area contributed by atoms with Crippen LogP contribution in [0.3, 0.4) is 0 Å². The third-order valence-electron chi connectivity index (χ3n) is 5.98. The van der Waals surface area contributed by atoms with Gasteiger partial charge in [-0.3, -0.25) is 19.6 Å². The quantitative estimate of drug-likeness (QED) is 0.600. The lowest BCUT2D eigenvalue weighted by Crippen LogP contribution is -2.59. The van der Waals surface area contributed by atoms with Gasteiger partial charge in [-0.2, -0.15) is 0 Å². The minimum atomic E-state index is -0.555. The van der Waals surface area contributed by atoms with Gasteiger partial charge in [0.25, 0.3) is 5.91 Å². The van der Waals surface area contributed by atoms with Gasteiger partial charge in [0.05, 0.1) is 5.56 Å². The lowest BCUT2D eigenvalue weighted by Gasteiger charge is -2.41. The molecule has 0 aliphatic carbocycles. The Morgan fingerprint density at radius 1 is 1.06 bits per heavy atom. The van der Waals surface area contributed by atoms with E-state index in [1.165, 1.54) is 0 Å². The number of carbonyl (C=O) groups is 2. The van der Waals surface area contributed by atoms with E-state index in [9.17, 15) is 9.59 Å². The lowest BCUT2D eigenvalue weighted by molar-refractivity contribution is -0.140. The van der Waals surface area contributed by atoms with Gasteiger partial charge >= 0.3 is 0 Å². The minimum Gasteiger partial charge on any atom is -0.339 e. The molecule has 1 aliphatic heterocycles. The average molecular weight is 429 g/mol. The zero-order chi connectivity index (χ0) is 22.5. The summed E-state index contributed by atoms with van der Waals surface area (Å²) in [6.07, 6.45) is 6.59. The van der Waals surface area contributed by atoms with Gasteiger partial charge in [0, 0.05) is 55.9 Å². The SMILES string of the molecule is CCCN1CCN(C(=O)c2cccnc2C)[C@@H](Cc2ccccc2-c2cccnc2)C1=O. The highest BCUT2D eigenvalue weighted by Crippen LogP contribution is 2.27. The van der Waals surface area contributed by atoms with Crippen LogP contribution in [0.4, 0.5) is 0 Å². The summed E-state index contributed by atoms with van der Waals surface area (Å²) in [7, 11) is 0. The number of amides is 2. The normalized spacial score (nSPS) is 16.3. The van der Waals surface area contributed by atoms with E-state index in [4.69, 9.17) is 0 Å². The fourth-order valence-corrected chi connectivity index (χ4v) is 4.35. The van der Waals surface area contributed by atoms with Crippen LogP contribution in [-0.2, 0) is 11.2 Å². The van der Waals surface area contributed by atoms with Crippen molar-refractivity contribution in [1.29, 1.82) is 0 Å². The van der Waals surface area contributed by atoms with Gasteiger partial charge in [0.2, 0.25) is 5.91 Å². The van der Waals surface area contributed by atoms with Crippen molar-refractivity contribution in [2.75, 3.05) is 19.6 Å². The molecular weight excluding hydrogens is 400 g/mol. The molecule has 0 unspecified atom stereocenters. The number of aromatic nitrogens is 2. The van der Waals surface area contributed by atoms with Crippen LogP contribution in [0.2, 0.25) is 0 Å². The minimum absolute atomic E-state index is 0.00832. The number of hydrogen-bond donors (Lipinski definition) is 0. The van der Waals surface area contributed by atoms with Crippen molar-refractivity contribution in [3.63, 3.8) is 0 Å². The van der Waals surface area contributed by atoms with Gasteiger partial charge in [0.15, 0.2) is 0 Å². The fraction of sp³-hybridized carbons (Fsp3) is 0.308. The standard InChI is InChI=1S/C26H28N4O2/c1-3-14-29-15-16-30(25(31)22-11-7-13-28-19(22)2)24(26(29)32)17-20-8-4-5-10-23(20)21-9-6-12-27-18-21/h4-13,18,24H,3,14-17H2,1-2H3/t24-/m0/s1. The summed E-state index contributed by atoms with van der Waals surface area (Å²) in [5.41, 5.74) is 4.28. The maximum atomic E-state index is 13.5. The number of rotatable bonds is 6. The molecule has 3 heterocycles. The van der Waals surface area contributed by atoms with Crippen molar-refractivity contribution < 1.29 is 9.59 Å². The maximum Gasteiger partial charge on any atom is 0.256 e. The molecule has 1 atom stereocenters. The Morgan fingerprint density at radius 3 is 2.62 bits per heavy atom. The summed E-state index contributed by atoms with van der Waals surface area (Å²) < 4.78 is 0. The van der Waals surface area contributed by atoms with Gasteiger partial charge in [-0.05, 0) is 42.7 Å². The molecule has 0 bridgehead atoms. The number of piperazine rings is 1. The Kier molecular flexibility index (Phi) is 6.59. The first-order chi connectivity index (χ1) is 15.6. The molecular formula is C26H28N4O2. The van der Waals surface area contributed by atoms with Crippen molar-refractivity contribution in [3.8, 4) is 11.1 Å². The number of pyridine rings is 2. The number of aryl methyl sites for hydroxylation is 1. The molecule has 6 nitrogen and oxygen atoms in total. The maximum absolute atomic E-state index is 13.5. The van der Waals surface area contributed by atoms with Crippen LogP contribution >= 0.6 is 0 Å². The molecule has 0 saturated carbocycles. The average Bonchev–Trinajstić information content (AvgIpc) is 2.82. The van der Waals surface area contributed by atoms with E-state index in [1.54, 1.807) is 29.4 Å². The summed E-state index contributed by atoms with van der Waals surface area (Å²) in [6, 6.07) is 15.0. The van der Waals surface area contributed by atoms with E-state index in [0.717, 1.165) is 23.1 Å². The van der Waals surface area contributed by atoms with Crippen molar-refractivity contribution in [3.05, 3.63) is 83.9 Å². The molecule has 0 N–H and O–H groups in total. The van der Waals surface area contributed by atoms with E-state index < -0.39 is 6.04 Å². The molecule has 32 heavy (non-hydrogen) atoms. The van der Waals surface area contributed by atoms with Gasteiger partial charge in [-0.25, -0.2) is 0 Å². The molecule has 1 aliphatic rings. The van der Waals surface area contributed by atoms with Gasteiger partial charge in [-0.1, -0.05) is 37.3 Å². The van der Waals surface area contributed by atoms with Crippen LogP contribution in [0.5, 0.6) is 0 Å². The Balaban J connectivity index is 1.70. The molecule has 1 saturated heterocycles. The summed E-state index contributed by atoms with van der Waals surface area (Å²) >= 11 is 0. The molecule has 0 spiro atoms. The van der Waals surface area contributed by atoms with Gasteiger partial charge < -0.3 is 9.80 Å². The third kappa shape index (κ3) is 4.40. The summed E-state index contributed by atoms with van der Waals surface area (Å²) in [5, 5.41) is 0. The first-order valence-corrected chi connectivity index (χ1v) is 11.1. The summed E-state index contributed by atoms with van der Waals surface area (Å²) in [4.78, 5) is 39.1. The Bertz CT molecular complexity index is 1100. The Morgan fingerprint density at radius 2 is 1.88 bits per heavy atom. The van der Waals surface area contributed by atoms with E-state index in [2.05, 4.69) is 16.9 Å². The molecule has 2 aromatic heterocycles. The van der Waals surface area contributed by atoms with Crippen molar-refractivity contribution in [2.24, 2.45) is 0 Å². The number of benzene rings is 1. The lowest BCUT2D eigenvalue weighted by atomic mass is 9.93. The predicted molar refractivity (Wildman–Crippen MR) is 124 cm³/mol. The van der Waals surface area contributed by atoms with Crippen LogP contribution in [-0.4, -0.2) is 57.3 Å². The number of hydrogen-bond acceptors (Lipinski definition) is 4. The largest absolute Gasteiger partial charge is 0.339 e. The molecule has 6 heteroatoms. The predicted octanol–water partition coefficient (Wildman–Crippen LogP) is 3.76. The van der Waals surface area contributed by atoms with Crippen LogP contribution in [0.15, 0.2) is 67.1 Å². The van der Waals surface area contributed by atoms with Crippen molar-refractivity contribution in [1.82, 2.24) is 19.8 Å². The zero-order valence-electron chi connectivity index (χ0n) is 18.6. The first kappa shape index (κ1) is 21.7. The molecule has 4 rings (SSSR count). The van der Waals surface area contributed by atoms with E-state index in [0.29, 0.717) is 37.3 Å². The van der Waals surface area contributed by atoms with E-state index >= 15 is 0 Å². The Hall–Kier alpha value is -3.54. The van der Waals surface area contributed by atoms with Crippen LogP contribution in [0.1, 0.15) is 35.0 Å². The smallest absolute Gasteiger partial charge is 0.256 e. The van der Waals surface area contributed by atoms with Gasteiger partial charge in [-0.15, -0.1) is 0 Å². The molecule has 3 aromatic rings. The molecule has 2 amide bonds. The monoisotopic (exact) mass is 428 g/mol. The van der Waals surface area contributed by atoms with Crippen LogP contribution < -0.4 is 0 Å². The highest BCUT2D eigenvalue weighted by molar-refractivity contribution is 5.99. The number of nitrogens with zero attached hydrogens (tertiary/aromatic N) is 4. The van der Waals surface area contributed by atoms with E-state index in [1.807, 2.05) is 54.4 Å². The van der Waals surface area contributed by atoms with Crippen LogP contribution in [0, 0.1) is 6.92 Å². The van der Waals surface area contributed by atoms with Crippen LogP contribution in [0.25, 0.3) is 11.1 Å². The second kappa shape index (κ2) is 9.73. The first-order valence-electron chi connectivity index (χ1n) is 11.1.